The van der Waals surface area contributed by atoms with Crippen LogP contribution in [0.5, 0.6) is 0 Å². The van der Waals surface area contributed by atoms with Gasteiger partial charge < -0.3 is 4.90 Å². The van der Waals surface area contributed by atoms with Gasteiger partial charge in [-0.2, -0.15) is 0 Å². The zero-order valence-corrected chi connectivity index (χ0v) is 19.1. The lowest BCUT2D eigenvalue weighted by atomic mass is 10.3. The number of fused-ring (bicyclic) bond motifs is 1. The van der Waals surface area contributed by atoms with Crippen LogP contribution in [-0.2, 0) is 4.79 Å². The molecule has 1 fully saturated rings. The highest BCUT2D eigenvalue weighted by Gasteiger charge is 2.38. The summed E-state index contributed by atoms with van der Waals surface area (Å²) in [5, 5.41) is 2.97. The number of amidine groups is 1. The molecule has 2 aromatic rings. The smallest absolute Gasteiger partial charge is 0.269 e. The Kier molecular flexibility index (Phi) is 6.16. The van der Waals surface area contributed by atoms with Crippen LogP contribution in [0.3, 0.4) is 0 Å². The predicted octanol–water partition coefficient (Wildman–Crippen LogP) is 6.77. The van der Waals surface area contributed by atoms with E-state index in [1.165, 1.54) is 11.8 Å². The van der Waals surface area contributed by atoms with Crippen LogP contribution >= 0.6 is 46.7 Å². The molecule has 4 nitrogen and oxygen atoms in total. The average Bonchev–Trinajstić information content (AvgIpc) is 3.19. The molecule has 0 spiro atoms. The van der Waals surface area contributed by atoms with Crippen LogP contribution in [0, 0.1) is 0 Å². The Balaban J connectivity index is 1.71. The van der Waals surface area contributed by atoms with Gasteiger partial charge >= 0.3 is 0 Å². The summed E-state index contributed by atoms with van der Waals surface area (Å²) in [5.74, 6) is 0.00409. The lowest BCUT2D eigenvalue weighted by Crippen LogP contribution is -2.30. The van der Waals surface area contributed by atoms with Gasteiger partial charge in [-0.25, -0.2) is 4.99 Å². The second-order valence-corrected chi connectivity index (χ2v) is 9.57. The second-order valence-electron chi connectivity index (χ2n) is 6.69. The van der Waals surface area contributed by atoms with Crippen molar-refractivity contribution in [1.82, 2.24) is 4.90 Å². The number of thioether (sulfide) groups is 2. The summed E-state index contributed by atoms with van der Waals surface area (Å²) in [6, 6.07) is 13.1. The van der Waals surface area contributed by atoms with E-state index in [9.17, 15) is 4.79 Å². The molecule has 0 bridgehead atoms. The van der Waals surface area contributed by atoms with Crippen LogP contribution in [0.4, 0.5) is 11.4 Å². The number of unbranched alkanes of at least 4 members (excludes halogenated alkanes) is 1. The fourth-order valence-corrected chi connectivity index (χ4v) is 5.72. The number of hydrogen-bond donors (Lipinski definition) is 0. The molecule has 0 unspecified atom stereocenters. The van der Waals surface area contributed by atoms with Gasteiger partial charge in [0.1, 0.15) is 4.91 Å². The lowest BCUT2D eigenvalue weighted by Gasteiger charge is -2.16. The fourth-order valence-electron chi connectivity index (χ4n) is 3.08. The van der Waals surface area contributed by atoms with Gasteiger partial charge in [-0.05, 0) is 60.6 Å². The topological polar surface area (TPSA) is 35.9 Å². The second kappa shape index (κ2) is 8.64. The quantitative estimate of drug-likeness (QED) is 0.468. The SMILES string of the molecule is CCCCN1C(=O)C(=C2Sc3ccc(Cl)cc3N2C)SC1=Nc1ccc(Cl)cc1. The van der Waals surface area contributed by atoms with E-state index in [1.54, 1.807) is 28.8 Å². The average molecular weight is 464 g/mol. The number of carbonyl (C=O) groups excluding carboxylic acids is 1. The normalized spacial score (nSPS) is 20.1. The Labute approximate surface area is 189 Å². The largest absolute Gasteiger partial charge is 0.337 e. The Hall–Kier alpha value is -1.60. The first-order chi connectivity index (χ1) is 14.0. The van der Waals surface area contributed by atoms with Crippen molar-refractivity contribution >= 4 is 69.2 Å². The number of aliphatic imine (C=N–C) groups is 1. The van der Waals surface area contributed by atoms with Crippen LogP contribution in [0.1, 0.15) is 19.8 Å². The van der Waals surface area contributed by atoms with E-state index in [1.807, 2.05) is 42.3 Å². The summed E-state index contributed by atoms with van der Waals surface area (Å²) in [4.78, 5) is 23.7. The highest BCUT2D eigenvalue weighted by atomic mass is 35.5. The number of amides is 1. The van der Waals surface area contributed by atoms with Crippen LogP contribution in [0.15, 0.2) is 62.3 Å². The maximum Gasteiger partial charge on any atom is 0.269 e. The first-order valence-corrected chi connectivity index (χ1v) is 11.7. The summed E-state index contributed by atoms with van der Waals surface area (Å²) in [6.07, 6.45) is 1.93. The van der Waals surface area contributed by atoms with Crippen molar-refractivity contribution in [2.24, 2.45) is 4.99 Å². The van der Waals surface area contributed by atoms with E-state index in [-0.39, 0.29) is 5.91 Å². The summed E-state index contributed by atoms with van der Waals surface area (Å²) >= 11 is 15.2. The molecular formula is C21H19Cl2N3OS2. The first kappa shape index (κ1) is 20.7. The summed E-state index contributed by atoms with van der Waals surface area (Å²) in [7, 11) is 1.97. The van der Waals surface area contributed by atoms with Crippen molar-refractivity contribution in [3.63, 3.8) is 0 Å². The molecule has 29 heavy (non-hydrogen) atoms. The maximum absolute atomic E-state index is 13.3. The Morgan fingerprint density at radius 2 is 1.76 bits per heavy atom. The molecule has 150 valence electrons. The molecule has 0 saturated carbocycles. The number of rotatable bonds is 4. The Morgan fingerprint density at radius 3 is 2.48 bits per heavy atom. The molecule has 2 aromatic carbocycles. The molecule has 0 aromatic heterocycles. The molecule has 0 aliphatic carbocycles. The zero-order chi connectivity index (χ0) is 20.5. The number of benzene rings is 2. The number of carbonyl (C=O) groups is 1. The fraction of sp³-hybridized carbons (Fsp3) is 0.238. The van der Waals surface area contributed by atoms with Crippen molar-refractivity contribution in [3.8, 4) is 0 Å². The van der Waals surface area contributed by atoms with E-state index in [4.69, 9.17) is 28.2 Å². The van der Waals surface area contributed by atoms with Crippen molar-refractivity contribution < 1.29 is 4.79 Å². The van der Waals surface area contributed by atoms with Gasteiger partial charge in [0.05, 0.1) is 16.4 Å². The van der Waals surface area contributed by atoms with Crippen molar-refractivity contribution in [1.29, 1.82) is 0 Å². The zero-order valence-electron chi connectivity index (χ0n) is 16.0. The molecule has 0 atom stereocenters. The minimum Gasteiger partial charge on any atom is -0.337 e. The monoisotopic (exact) mass is 463 g/mol. The van der Waals surface area contributed by atoms with Gasteiger partial charge in [0.15, 0.2) is 5.17 Å². The molecular weight excluding hydrogens is 445 g/mol. The highest BCUT2D eigenvalue weighted by molar-refractivity contribution is 8.19. The molecule has 4 rings (SSSR count). The third-order valence-electron chi connectivity index (χ3n) is 4.64. The number of anilines is 1. The number of hydrogen-bond acceptors (Lipinski definition) is 5. The summed E-state index contributed by atoms with van der Waals surface area (Å²) in [5.41, 5.74) is 1.79. The lowest BCUT2D eigenvalue weighted by molar-refractivity contribution is -0.122. The minimum absolute atomic E-state index is 0.00409. The molecule has 1 saturated heterocycles. The third kappa shape index (κ3) is 4.17. The number of nitrogens with zero attached hydrogens (tertiary/aromatic N) is 3. The molecule has 0 N–H and O–H groups in total. The van der Waals surface area contributed by atoms with Gasteiger partial charge in [0.25, 0.3) is 5.91 Å². The third-order valence-corrected chi connectivity index (χ3v) is 7.56. The van der Waals surface area contributed by atoms with Crippen LogP contribution in [-0.4, -0.2) is 29.6 Å². The summed E-state index contributed by atoms with van der Waals surface area (Å²) < 4.78 is 0. The van der Waals surface area contributed by atoms with Crippen LogP contribution < -0.4 is 4.90 Å². The minimum atomic E-state index is 0.00409. The van der Waals surface area contributed by atoms with Crippen molar-refractivity contribution in [3.05, 3.63) is 62.4 Å². The van der Waals surface area contributed by atoms with Gasteiger partial charge in [0.2, 0.25) is 0 Å². The van der Waals surface area contributed by atoms with Gasteiger partial charge in [-0.1, -0.05) is 48.3 Å². The molecule has 2 heterocycles. The number of halogens is 2. The van der Waals surface area contributed by atoms with E-state index in [0.29, 0.717) is 26.7 Å². The standard InChI is InChI=1S/C21H19Cl2N3OS2/c1-3-4-11-26-19(27)18(29-21(26)24-15-8-5-13(22)6-9-15)20-25(2)16-12-14(23)7-10-17(16)28-20/h5-10,12H,3-4,11H2,1-2H3. The van der Waals surface area contributed by atoms with E-state index < -0.39 is 0 Å². The molecule has 2 aliphatic rings. The van der Waals surface area contributed by atoms with Gasteiger partial charge in [0, 0.05) is 28.5 Å². The first-order valence-electron chi connectivity index (χ1n) is 9.27. The van der Waals surface area contributed by atoms with Crippen LogP contribution in [0.2, 0.25) is 10.0 Å². The molecule has 1 amide bonds. The maximum atomic E-state index is 13.3. The highest BCUT2D eigenvalue weighted by Crippen LogP contribution is 2.50. The summed E-state index contributed by atoms with van der Waals surface area (Å²) in [6.45, 7) is 2.77. The van der Waals surface area contributed by atoms with E-state index in [0.717, 1.165) is 34.1 Å². The van der Waals surface area contributed by atoms with Gasteiger partial charge in [-0.3, -0.25) is 9.69 Å². The molecule has 8 heteroatoms. The Morgan fingerprint density at radius 1 is 1.03 bits per heavy atom. The van der Waals surface area contributed by atoms with Crippen molar-refractivity contribution in [2.45, 2.75) is 24.7 Å². The van der Waals surface area contributed by atoms with Gasteiger partial charge in [-0.15, -0.1) is 0 Å². The van der Waals surface area contributed by atoms with E-state index in [2.05, 4.69) is 6.92 Å². The Bertz CT molecular complexity index is 1020. The molecule has 0 radical (unpaired) electrons. The van der Waals surface area contributed by atoms with E-state index >= 15 is 0 Å². The molecule has 2 aliphatic heterocycles. The van der Waals surface area contributed by atoms with Crippen molar-refractivity contribution in [2.75, 3.05) is 18.5 Å². The van der Waals surface area contributed by atoms with Crippen LogP contribution in [0.25, 0.3) is 0 Å². The predicted molar refractivity (Wildman–Crippen MR) is 125 cm³/mol.